The first-order chi connectivity index (χ1) is 16.6. The van der Waals surface area contributed by atoms with E-state index in [1.54, 1.807) is 4.90 Å². The number of piperazine rings is 1. The molecule has 1 aliphatic rings. The second-order valence-corrected chi connectivity index (χ2v) is 9.91. The van der Waals surface area contributed by atoms with Crippen LogP contribution in [0.15, 0.2) is 47.5 Å². The third kappa shape index (κ3) is 4.75. The SMILES string of the molecule is COc1cc(Nc2c(C(N)=O)cnc3ccc(S(=O)(=O)N4CCN(C(C)=O)CC4)cc23)ccc1F. The fourth-order valence-corrected chi connectivity index (χ4v) is 5.38. The molecule has 0 radical (unpaired) electrons. The number of sulfonamides is 1. The number of nitrogens with two attached hydrogens (primary N) is 1. The van der Waals surface area contributed by atoms with Crippen LogP contribution < -0.4 is 15.8 Å². The van der Waals surface area contributed by atoms with Crippen LogP contribution in [0.1, 0.15) is 17.3 Å². The number of benzene rings is 2. The monoisotopic (exact) mass is 501 g/mol. The molecule has 10 nitrogen and oxygen atoms in total. The van der Waals surface area contributed by atoms with Crippen molar-refractivity contribution in [2.45, 2.75) is 11.8 Å². The minimum atomic E-state index is -3.89. The average molecular weight is 502 g/mol. The van der Waals surface area contributed by atoms with Gasteiger partial charge in [-0.05, 0) is 30.3 Å². The number of ether oxygens (including phenoxy) is 1. The van der Waals surface area contributed by atoms with Gasteiger partial charge in [-0.1, -0.05) is 0 Å². The summed E-state index contributed by atoms with van der Waals surface area (Å²) in [7, 11) is -2.56. The van der Waals surface area contributed by atoms with Crippen molar-refractivity contribution in [3.05, 3.63) is 54.0 Å². The first-order valence-corrected chi connectivity index (χ1v) is 12.1. The van der Waals surface area contributed by atoms with Crippen LogP contribution in [0, 0.1) is 5.82 Å². The maximum atomic E-state index is 13.9. The number of carbonyl (C=O) groups is 2. The van der Waals surface area contributed by atoms with Crippen molar-refractivity contribution < 1.29 is 27.1 Å². The quantitative estimate of drug-likeness (QED) is 0.528. The van der Waals surface area contributed by atoms with Crippen molar-refractivity contribution in [1.82, 2.24) is 14.2 Å². The van der Waals surface area contributed by atoms with E-state index in [9.17, 15) is 22.4 Å². The first-order valence-electron chi connectivity index (χ1n) is 10.7. The lowest BCUT2D eigenvalue weighted by Gasteiger charge is -2.33. The second-order valence-electron chi connectivity index (χ2n) is 7.97. The summed E-state index contributed by atoms with van der Waals surface area (Å²) in [5.74, 6) is -1.46. The molecule has 12 heteroatoms. The van der Waals surface area contributed by atoms with Crippen LogP contribution >= 0.6 is 0 Å². The molecule has 1 aromatic heterocycles. The largest absolute Gasteiger partial charge is 0.494 e. The zero-order valence-electron chi connectivity index (χ0n) is 19.1. The van der Waals surface area contributed by atoms with E-state index in [4.69, 9.17) is 10.5 Å². The number of halogens is 1. The van der Waals surface area contributed by atoms with Crippen molar-refractivity contribution in [1.29, 1.82) is 0 Å². The number of hydrogen-bond acceptors (Lipinski definition) is 7. The molecule has 2 heterocycles. The van der Waals surface area contributed by atoms with Crippen molar-refractivity contribution in [3.8, 4) is 5.75 Å². The van der Waals surface area contributed by atoms with Crippen LogP contribution in [-0.2, 0) is 14.8 Å². The maximum absolute atomic E-state index is 13.9. The molecule has 3 N–H and O–H groups in total. The van der Waals surface area contributed by atoms with Crippen molar-refractivity contribution in [2.75, 3.05) is 38.6 Å². The number of primary amides is 1. The number of anilines is 2. The van der Waals surface area contributed by atoms with Crippen LogP contribution in [-0.4, -0.2) is 67.7 Å². The second kappa shape index (κ2) is 9.47. The summed E-state index contributed by atoms with van der Waals surface area (Å²) in [5, 5.41) is 3.38. The maximum Gasteiger partial charge on any atom is 0.252 e. The molecular formula is C23H24FN5O5S. The van der Waals surface area contributed by atoms with Crippen LogP contribution in [0.3, 0.4) is 0 Å². The van der Waals surface area contributed by atoms with Gasteiger partial charge in [0.2, 0.25) is 15.9 Å². The number of nitrogens with zero attached hydrogens (tertiary/aromatic N) is 3. The Hall–Kier alpha value is -3.77. The smallest absolute Gasteiger partial charge is 0.252 e. The van der Waals surface area contributed by atoms with Crippen LogP contribution in [0.4, 0.5) is 15.8 Å². The Morgan fingerprint density at radius 3 is 2.46 bits per heavy atom. The molecule has 0 bridgehead atoms. The molecule has 1 aliphatic heterocycles. The van der Waals surface area contributed by atoms with Crippen LogP contribution in [0.25, 0.3) is 10.9 Å². The van der Waals surface area contributed by atoms with Gasteiger partial charge in [-0.2, -0.15) is 4.31 Å². The zero-order valence-corrected chi connectivity index (χ0v) is 19.9. The summed E-state index contributed by atoms with van der Waals surface area (Å²) < 4.78 is 46.9. The molecule has 0 atom stereocenters. The summed E-state index contributed by atoms with van der Waals surface area (Å²) in [5.41, 5.74) is 6.64. The van der Waals surface area contributed by atoms with E-state index in [0.717, 1.165) is 0 Å². The normalized spacial score (nSPS) is 14.7. The van der Waals surface area contributed by atoms with Gasteiger partial charge < -0.3 is 20.7 Å². The van der Waals surface area contributed by atoms with Gasteiger partial charge >= 0.3 is 0 Å². The number of fused-ring (bicyclic) bond motifs is 1. The van der Waals surface area contributed by atoms with E-state index in [1.165, 1.54) is 60.9 Å². The fraction of sp³-hybridized carbons (Fsp3) is 0.261. The molecule has 184 valence electrons. The molecule has 0 spiro atoms. The minimum Gasteiger partial charge on any atom is -0.494 e. The summed E-state index contributed by atoms with van der Waals surface area (Å²) >= 11 is 0. The van der Waals surface area contributed by atoms with Gasteiger partial charge in [0.1, 0.15) is 0 Å². The molecule has 2 aromatic carbocycles. The van der Waals surface area contributed by atoms with E-state index in [-0.39, 0.29) is 40.9 Å². The number of rotatable bonds is 6. The number of pyridine rings is 1. The van der Waals surface area contributed by atoms with Gasteiger partial charge in [-0.25, -0.2) is 12.8 Å². The third-order valence-electron chi connectivity index (χ3n) is 5.85. The minimum absolute atomic E-state index is 0.00410. The Balaban J connectivity index is 1.77. The third-order valence-corrected chi connectivity index (χ3v) is 7.74. The zero-order chi connectivity index (χ0) is 25.3. The number of carbonyl (C=O) groups excluding carboxylic acids is 2. The van der Waals surface area contributed by atoms with E-state index in [0.29, 0.717) is 29.7 Å². The molecule has 0 saturated carbocycles. The van der Waals surface area contributed by atoms with E-state index < -0.39 is 21.7 Å². The number of amides is 2. The first kappa shape index (κ1) is 24.4. The van der Waals surface area contributed by atoms with Crippen molar-refractivity contribution in [3.63, 3.8) is 0 Å². The summed E-state index contributed by atoms with van der Waals surface area (Å²) in [4.78, 5) is 29.6. The number of hydrogen-bond donors (Lipinski definition) is 2. The molecular weight excluding hydrogens is 477 g/mol. The van der Waals surface area contributed by atoms with Crippen LogP contribution in [0.5, 0.6) is 5.75 Å². The van der Waals surface area contributed by atoms with E-state index in [2.05, 4.69) is 10.3 Å². The predicted molar refractivity (Wildman–Crippen MR) is 128 cm³/mol. The standard InChI is InChI=1S/C23H24FN5O5S/c1-14(30)28-7-9-29(10-8-28)35(32,33)16-4-6-20-17(12-16)22(18(13-26-20)23(25)31)27-15-3-5-19(24)21(11-15)34-2/h3-6,11-13H,7-10H2,1-2H3,(H2,25,31)(H,26,27). The lowest BCUT2D eigenvalue weighted by molar-refractivity contribution is -0.129. The molecule has 2 amide bonds. The molecule has 3 aromatic rings. The molecule has 1 fully saturated rings. The van der Waals surface area contributed by atoms with E-state index in [1.807, 2.05) is 0 Å². The predicted octanol–water partition coefficient (Wildman–Crippen LogP) is 2.08. The lowest BCUT2D eigenvalue weighted by atomic mass is 10.1. The molecule has 1 saturated heterocycles. The molecule has 4 rings (SSSR count). The Morgan fingerprint density at radius 1 is 1.11 bits per heavy atom. The van der Waals surface area contributed by atoms with Gasteiger partial charge in [0.15, 0.2) is 11.6 Å². The van der Waals surface area contributed by atoms with Gasteiger partial charge in [-0.3, -0.25) is 14.6 Å². The fourth-order valence-electron chi connectivity index (χ4n) is 3.93. The summed E-state index contributed by atoms with van der Waals surface area (Å²) in [6, 6.07) is 8.45. The number of aromatic nitrogens is 1. The van der Waals surface area contributed by atoms with Crippen molar-refractivity contribution >= 4 is 44.1 Å². The average Bonchev–Trinajstić information content (AvgIpc) is 2.84. The van der Waals surface area contributed by atoms with E-state index >= 15 is 0 Å². The van der Waals surface area contributed by atoms with Gasteiger partial charge in [0, 0.05) is 56.4 Å². The van der Waals surface area contributed by atoms with Gasteiger partial charge in [0.25, 0.3) is 5.91 Å². The Labute approximate surface area is 201 Å². The Kier molecular flexibility index (Phi) is 6.59. The Morgan fingerprint density at radius 2 is 1.83 bits per heavy atom. The highest BCUT2D eigenvalue weighted by atomic mass is 32.2. The number of methoxy groups -OCH3 is 1. The number of nitrogens with one attached hydrogen (secondary N) is 1. The molecule has 0 aliphatic carbocycles. The highest BCUT2D eigenvalue weighted by Crippen LogP contribution is 2.33. The van der Waals surface area contributed by atoms with Gasteiger partial charge in [0.05, 0.1) is 28.8 Å². The lowest BCUT2D eigenvalue weighted by Crippen LogP contribution is -2.49. The highest BCUT2D eigenvalue weighted by Gasteiger charge is 2.30. The summed E-state index contributed by atoms with van der Waals surface area (Å²) in [6.07, 6.45) is 1.29. The summed E-state index contributed by atoms with van der Waals surface area (Å²) in [6.45, 7) is 2.38. The topological polar surface area (TPSA) is 135 Å². The van der Waals surface area contributed by atoms with Crippen molar-refractivity contribution in [2.24, 2.45) is 5.73 Å². The van der Waals surface area contributed by atoms with Gasteiger partial charge in [-0.15, -0.1) is 0 Å². The Bertz CT molecular complexity index is 1420. The van der Waals surface area contributed by atoms with Crippen LogP contribution in [0.2, 0.25) is 0 Å². The molecule has 0 unspecified atom stereocenters. The molecule has 35 heavy (non-hydrogen) atoms. The highest BCUT2D eigenvalue weighted by molar-refractivity contribution is 7.89.